The Morgan fingerprint density at radius 3 is 2.33 bits per heavy atom. The lowest BCUT2D eigenvalue weighted by atomic mass is 9.78. The van der Waals surface area contributed by atoms with E-state index >= 15 is 0 Å². The number of benzene rings is 5. The van der Waals surface area contributed by atoms with Gasteiger partial charge in [-0.2, -0.15) is 0 Å². The molecule has 2 aliphatic heterocycles. The van der Waals surface area contributed by atoms with Crippen LogP contribution in [-0.2, 0) is 44.3 Å². The van der Waals surface area contributed by atoms with E-state index in [2.05, 4.69) is 40.5 Å². The van der Waals surface area contributed by atoms with Gasteiger partial charge in [0.05, 0.1) is 38.6 Å². The van der Waals surface area contributed by atoms with Crippen molar-refractivity contribution < 1.29 is 33.3 Å². The standard InChI is InChI=1S/C47H51N3O7/c1-53-27-10-25-49-26-28-55-44-22-17-37(30-43(44)49)34-56-42-23-24-47(40-18-20-41(54-2)21-19-40,50(32-42)46(52)57-33-35-11-5-3-6-12-35)45(51)48-31-36-13-9-16-39(29-36)38-14-7-4-8-15-38/h3-9,11-22,29-30,42H,10,23-28,31-34H2,1-2H3,(H,48,51)/t42-,47+/m1/s1. The van der Waals surface area contributed by atoms with Crippen LogP contribution in [0, 0.1) is 0 Å². The molecule has 0 aromatic heterocycles. The lowest BCUT2D eigenvalue weighted by Crippen LogP contribution is -2.63. The van der Waals surface area contributed by atoms with Crippen LogP contribution in [0.1, 0.15) is 41.5 Å². The van der Waals surface area contributed by atoms with Crippen molar-refractivity contribution in [3.8, 4) is 22.6 Å². The van der Waals surface area contributed by atoms with E-state index < -0.39 is 11.6 Å². The zero-order valence-electron chi connectivity index (χ0n) is 32.7. The summed E-state index contributed by atoms with van der Waals surface area (Å²) in [5.74, 6) is 1.21. The summed E-state index contributed by atoms with van der Waals surface area (Å²) >= 11 is 0. The molecule has 7 rings (SSSR count). The highest BCUT2D eigenvalue weighted by atomic mass is 16.6. The number of amides is 2. The number of anilines is 1. The molecular weight excluding hydrogens is 719 g/mol. The zero-order chi connectivity index (χ0) is 39.5. The van der Waals surface area contributed by atoms with Gasteiger partial charge in [0.15, 0.2) is 5.54 Å². The summed E-state index contributed by atoms with van der Waals surface area (Å²) in [7, 11) is 3.32. The molecule has 1 saturated heterocycles. The topological polar surface area (TPSA) is 98.8 Å². The van der Waals surface area contributed by atoms with E-state index in [9.17, 15) is 9.59 Å². The van der Waals surface area contributed by atoms with Crippen molar-refractivity contribution in [2.24, 2.45) is 0 Å². The first-order valence-corrected chi connectivity index (χ1v) is 19.6. The van der Waals surface area contributed by atoms with Crippen LogP contribution in [0.5, 0.6) is 11.5 Å². The molecule has 0 bridgehead atoms. The molecule has 2 aliphatic rings. The summed E-state index contributed by atoms with van der Waals surface area (Å²) in [6, 6.07) is 41.3. The van der Waals surface area contributed by atoms with Gasteiger partial charge in [0, 0.05) is 26.8 Å². The first-order chi connectivity index (χ1) is 28.0. The fourth-order valence-corrected chi connectivity index (χ4v) is 7.73. The highest BCUT2D eigenvalue weighted by Gasteiger charge is 2.52. The normalized spacial score (nSPS) is 17.6. The van der Waals surface area contributed by atoms with Gasteiger partial charge in [0.1, 0.15) is 24.7 Å². The molecule has 0 spiro atoms. The van der Waals surface area contributed by atoms with Crippen molar-refractivity contribution in [1.82, 2.24) is 10.2 Å². The van der Waals surface area contributed by atoms with E-state index in [1.54, 1.807) is 19.1 Å². The molecule has 0 unspecified atom stereocenters. The molecule has 2 atom stereocenters. The number of methoxy groups -OCH3 is 2. The van der Waals surface area contributed by atoms with Gasteiger partial charge < -0.3 is 33.9 Å². The molecule has 296 valence electrons. The van der Waals surface area contributed by atoms with Crippen molar-refractivity contribution >= 4 is 17.7 Å². The van der Waals surface area contributed by atoms with Crippen molar-refractivity contribution in [2.75, 3.05) is 52.0 Å². The van der Waals surface area contributed by atoms with Gasteiger partial charge >= 0.3 is 6.09 Å². The Kier molecular flexibility index (Phi) is 13.0. The minimum Gasteiger partial charge on any atom is -0.497 e. The van der Waals surface area contributed by atoms with Crippen LogP contribution in [0.15, 0.2) is 127 Å². The van der Waals surface area contributed by atoms with E-state index in [0.29, 0.717) is 44.0 Å². The largest absolute Gasteiger partial charge is 0.497 e. The lowest BCUT2D eigenvalue weighted by molar-refractivity contribution is -0.141. The first kappa shape index (κ1) is 39.4. The fourth-order valence-electron chi connectivity index (χ4n) is 7.73. The molecule has 1 N–H and O–H groups in total. The molecule has 5 aromatic rings. The van der Waals surface area contributed by atoms with Crippen LogP contribution in [-0.4, -0.2) is 70.1 Å². The number of fused-ring (bicyclic) bond motifs is 1. The minimum atomic E-state index is -1.39. The molecule has 0 saturated carbocycles. The molecule has 2 amide bonds. The highest BCUT2D eigenvalue weighted by molar-refractivity contribution is 5.91. The van der Waals surface area contributed by atoms with Crippen molar-refractivity contribution in [3.05, 3.63) is 150 Å². The molecule has 10 heteroatoms. The van der Waals surface area contributed by atoms with Crippen molar-refractivity contribution in [3.63, 3.8) is 0 Å². The molecule has 1 fully saturated rings. The Morgan fingerprint density at radius 2 is 1.56 bits per heavy atom. The van der Waals surface area contributed by atoms with Crippen molar-refractivity contribution in [1.29, 1.82) is 0 Å². The summed E-state index contributed by atoms with van der Waals surface area (Å²) in [4.78, 5) is 33.2. The van der Waals surface area contributed by atoms with Crippen LogP contribution >= 0.6 is 0 Å². The van der Waals surface area contributed by atoms with Crippen molar-refractivity contribution in [2.45, 2.75) is 50.7 Å². The molecule has 0 radical (unpaired) electrons. The highest BCUT2D eigenvalue weighted by Crippen LogP contribution is 2.41. The number of carbonyl (C=O) groups is 2. The van der Waals surface area contributed by atoms with Gasteiger partial charge in [0.2, 0.25) is 0 Å². The molecule has 2 heterocycles. The first-order valence-electron chi connectivity index (χ1n) is 19.6. The number of nitrogens with one attached hydrogen (secondary N) is 1. The Balaban J connectivity index is 1.15. The second-order valence-electron chi connectivity index (χ2n) is 14.4. The summed E-state index contributed by atoms with van der Waals surface area (Å²) in [5, 5.41) is 3.21. The molecule has 10 nitrogen and oxygen atoms in total. The monoisotopic (exact) mass is 769 g/mol. The molecular formula is C47H51N3O7. The third-order valence-electron chi connectivity index (χ3n) is 10.8. The van der Waals surface area contributed by atoms with Crippen LogP contribution in [0.3, 0.4) is 0 Å². The minimum absolute atomic E-state index is 0.0619. The number of hydrogen-bond donors (Lipinski definition) is 1. The Bertz CT molecular complexity index is 2080. The smallest absolute Gasteiger partial charge is 0.411 e. The number of carbonyl (C=O) groups excluding carboxylic acids is 2. The van der Waals surface area contributed by atoms with Gasteiger partial charge in [-0.3, -0.25) is 9.69 Å². The fraction of sp³-hybridized carbons (Fsp3) is 0.319. The Morgan fingerprint density at radius 1 is 0.807 bits per heavy atom. The Labute approximate surface area is 335 Å². The molecule has 57 heavy (non-hydrogen) atoms. The molecule has 0 aliphatic carbocycles. The van der Waals surface area contributed by atoms with Gasteiger partial charge in [-0.25, -0.2) is 4.79 Å². The van der Waals surface area contributed by atoms with E-state index in [1.807, 2.05) is 97.1 Å². The maximum atomic E-state index is 14.9. The van der Waals surface area contributed by atoms with E-state index in [0.717, 1.165) is 58.8 Å². The quantitative estimate of drug-likeness (QED) is 0.107. The van der Waals surface area contributed by atoms with Gasteiger partial charge in [0.25, 0.3) is 5.91 Å². The van der Waals surface area contributed by atoms with Gasteiger partial charge in [-0.1, -0.05) is 97.1 Å². The predicted molar refractivity (Wildman–Crippen MR) is 220 cm³/mol. The van der Waals surface area contributed by atoms with Crippen LogP contribution < -0.4 is 19.7 Å². The summed E-state index contributed by atoms with van der Waals surface area (Å²) < 4.78 is 29.3. The number of hydrogen-bond acceptors (Lipinski definition) is 8. The maximum absolute atomic E-state index is 14.9. The van der Waals surface area contributed by atoms with E-state index in [-0.39, 0.29) is 31.7 Å². The maximum Gasteiger partial charge on any atom is 0.411 e. The number of ether oxygens (including phenoxy) is 5. The second kappa shape index (κ2) is 18.9. The SMILES string of the molecule is COCCCN1CCOc2ccc(CO[C@@H]3CC[C@@](C(=O)NCc4cccc(-c5ccccc5)c4)(c4ccc(OC)cc4)N(C(=O)OCc4ccccc4)C3)cc21. The van der Waals surface area contributed by atoms with Crippen LogP contribution in [0.2, 0.25) is 0 Å². The third-order valence-corrected chi connectivity index (χ3v) is 10.8. The second-order valence-corrected chi connectivity index (χ2v) is 14.4. The number of nitrogens with zero attached hydrogens (tertiary/aromatic N) is 2. The van der Waals surface area contributed by atoms with Crippen LogP contribution in [0.25, 0.3) is 11.1 Å². The van der Waals surface area contributed by atoms with E-state index in [4.69, 9.17) is 23.7 Å². The van der Waals surface area contributed by atoms with Gasteiger partial charge in [-0.15, -0.1) is 0 Å². The number of rotatable bonds is 15. The predicted octanol–water partition coefficient (Wildman–Crippen LogP) is 8.13. The van der Waals surface area contributed by atoms with E-state index in [1.165, 1.54) is 0 Å². The summed E-state index contributed by atoms with van der Waals surface area (Å²) in [6.07, 6.45) is 0.801. The average molecular weight is 770 g/mol. The summed E-state index contributed by atoms with van der Waals surface area (Å²) in [5.41, 5.74) is 5.25. The Hall–Kier alpha value is -5.84. The van der Waals surface area contributed by atoms with Gasteiger partial charge in [-0.05, 0) is 83.0 Å². The average Bonchev–Trinajstić information content (AvgIpc) is 3.27. The molecule has 5 aromatic carbocycles. The lowest BCUT2D eigenvalue weighted by Gasteiger charge is -2.47. The number of piperidine rings is 1. The van der Waals surface area contributed by atoms with Crippen LogP contribution in [0.4, 0.5) is 10.5 Å². The zero-order valence-corrected chi connectivity index (χ0v) is 32.7. The summed E-state index contributed by atoms with van der Waals surface area (Å²) in [6.45, 7) is 3.81. The number of likely N-dealkylation sites (tertiary alicyclic amines) is 1. The third kappa shape index (κ3) is 9.42.